The van der Waals surface area contributed by atoms with Crippen molar-refractivity contribution in [3.05, 3.63) is 71.4 Å². The molecule has 2 saturated carbocycles. The number of aliphatic hydroxyl groups is 1. The Hall–Kier alpha value is -2.04. The van der Waals surface area contributed by atoms with Gasteiger partial charge in [0.15, 0.2) is 0 Å². The molecule has 0 aromatic carbocycles. The van der Waals surface area contributed by atoms with Crippen molar-refractivity contribution < 1.29 is 15.0 Å². The van der Waals surface area contributed by atoms with Crippen LogP contribution in [0, 0.1) is 23.7 Å². The van der Waals surface area contributed by atoms with Crippen molar-refractivity contribution >= 4 is 0 Å². The molecule has 2 fully saturated rings. The maximum Gasteiger partial charge on any atom is 0.107 e. The van der Waals surface area contributed by atoms with Crippen molar-refractivity contribution in [3.8, 4) is 0 Å². The van der Waals surface area contributed by atoms with E-state index < -0.39 is 0 Å². The van der Waals surface area contributed by atoms with Crippen LogP contribution in [-0.2, 0) is 6.54 Å². The van der Waals surface area contributed by atoms with Crippen molar-refractivity contribution in [2.45, 2.75) is 91.5 Å². The quantitative estimate of drug-likeness (QED) is 0.257. The van der Waals surface area contributed by atoms with E-state index in [-0.39, 0.29) is 19.5 Å². The Morgan fingerprint density at radius 1 is 1.11 bits per heavy atom. The van der Waals surface area contributed by atoms with E-state index >= 15 is 0 Å². The molecule has 1 heterocycles. The monoisotopic (exact) mass is 483 g/mol. The van der Waals surface area contributed by atoms with Crippen molar-refractivity contribution in [2.75, 3.05) is 6.61 Å². The van der Waals surface area contributed by atoms with Crippen molar-refractivity contribution in [3.63, 3.8) is 0 Å². The Kier molecular flexibility index (Phi) is 12.1. The summed E-state index contributed by atoms with van der Waals surface area (Å²) >= 11 is 0. The summed E-state index contributed by atoms with van der Waals surface area (Å²) in [6.45, 7) is 5.73. The molecule has 4 nitrogen and oxygen atoms in total. The first-order valence-corrected chi connectivity index (χ1v) is 13.4. The fourth-order valence-corrected chi connectivity index (χ4v) is 5.75. The van der Waals surface area contributed by atoms with Gasteiger partial charge >= 0.3 is 0 Å². The zero-order chi connectivity index (χ0) is 23.0. The van der Waals surface area contributed by atoms with Crippen LogP contribution in [0.4, 0.5) is 0 Å². The molecule has 35 heavy (non-hydrogen) atoms. The number of aliphatic hydroxyl groups excluding tert-OH is 1. The van der Waals surface area contributed by atoms with Crippen LogP contribution in [-0.4, -0.2) is 17.2 Å². The Morgan fingerprint density at radius 3 is 2.51 bits per heavy atom. The van der Waals surface area contributed by atoms with Gasteiger partial charge in [0.1, 0.15) is 5.76 Å². The van der Waals surface area contributed by atoms with Gasteiger partial charge in [0, 0.05) is 30.3 Å². The first-order valence-electron chi connectivity index (χ1n) is 13.4. The predicted octanol–water partition coefficient (Wildman–Crippen LogP) is 7.24. The lowest BCUT2D eigenvalue weighted by atomic mass is 9.69. The first kappa shape index (κ1) is 29.2. The predicted molar refractivity (Wildman–Crippen MR) is 147 cm³/mol. The summed E-state index contributed by atoms with van der Waals surface area (Å²) in [7, 11) is 0. The molecule has 2 atom stereocenters. The first-order chi connectivity index (χ1) is 16.2. The summed E-state index contributed by atoms with van der Waals surface area (Å²) in [6.07, 6.45) is 26.4. The van der Waals surface area contributed by atoms with E-state index in [1.807, 2.05) is 6.26 Å². The highest BCUT2D eigenvalue weighted by atomic mass is 16.3. The minimum atomic E-state index is 0. The van der Waals surface area contributed by atoms with Crippen LogP contribution in [0.1, 0.15) is 96.3 Å². The van der Waals surface area contributed by atoms with Crippen LogP contribution in [0.2, 0.25) is 0 Å². The van der Waals surface area contributed by atoms with Gasteiger partial charge in [-0.15, -0.1) is 0 Å². The number of furan rings is 1. The molecule has 4 rings (SSSR count). The smallest absolute Gasteiger partial charge is 0.107 e. The van der Waals surface area contributed by atoms with Crippen molar-refractivity contribution in [2.24, 2.45) is 23.7 Å². The van der Waals surface area contributed by atoms with E-state index in [0.29, 0.717) is 23.7 Å². The Bertz CT molecular complexity index is 866. The largest absolute Gasteiger partial charge is 0.469 e. The summed E-state index contributed by atoms with van der Waals surface area (Å²) in [5.41, 5.74) is 4.12. The maximum atomic E-state index is 9.19. The molecule has 0 spiro atoms. The zero-order valence-electron chi connectivity index (χ0n) is 21.1. The number of allylic oxidation sites excluding steroid dienone is 8. The molecule has 0 radical (unpaired) electrons. The zero-order valence-corrected chi connectivity index (χ0v) is 21.1. The van der Waals surface area contributed by atoms with Crippen LogP contribution in [0.25, 0.3) is 0 Å². The van der Waals surface area contributed by atoms with Gasteiger partial charge in [0.05, 0.1) is 6.26 Å². The second-order valence-electron chi connectivity index (χ2n) is 10.4. The van der Waals surface area contributed by atoms with Crippen LogP contribution in [0.3, 0.4) is 0 Å². The Balaban J connectivity index is 0.00000216. The fraction of sp³-hybridized carbons (Fsp3) is 0.613. The molecule has 0 bridgehead atoms. The van der Waals surface area contributed by atoms with E-state index in [0.717, 1.165) is 37.5 Å². The second kappa shape index (κ2) is 14.5. The molecule has 3 aliphatic rings. The van der Waals surface area contributed by atoms with E-state index in [2.05, 4.69) is 61.7 Å². The second-order valence-corrected chi connectivity index (χ2v) is 10.4. The third kappa shape index (κ3) is 7.98. The molecular formula is C31H49NO3. The Morgan fingerprint density at radius 2 is 1.86 bits per heavy atom. The van der Waals surface area contributed by atoms with Crippen LogP contribution in [0.15, 0.2) is 64.5 Å². The molecule has 1 aromatic heterocycles. The number of hydrogen-bond acceptors (Lipinski definition) is 3. The van der Waals surface area contributed by atoms with Crippen LogP contribution < -0.4 is 5.32 Å². The summed E-state index contributed by atoms with van der Waals surface area (Å²) in [5.74, 6) is 4.62. The minimum absolute atomic E-state index is 0. The molecule has 4 N–H and O–H groups in total. The third-order valence-corrected chi connectivity index (χ3v) is 7.91. The number of rotatable bonds is 11. The molecule has 1 aromatic rings. The van der Waals surface area contributed by atoms with Gasteiger partial charge < -0.3 is 20.3 Å². The topological polar surface area (TPSA) is 76.9 Å². The van der Waals surface area contributed by atoms with Gasteiger partial charge in [-0.25, -0.2) is 0 Å². The molecule has 0 amide bonds. The van der Waals surface area contributed by atoms with Gasteiger partial charge in [0.25, 0.3) is 0 Å². The average molecular weight is 484 g/mol. The van der Waals surface area contributed by atoms with Crippen molar-refractivity contribution in [1.29, 1.82) is 0 Å². The van der Waals surface area contributed by atoms with Gasteiger partial charge in [-0.05, 0) is 93.1 Å². The highest BCUT2D eigenvalue weighted by molar-refractivity contribution is 5.29. The standard InChI is InChI=1S/C30H43NO2.CH4.H2O/c1-3-29(31-20-23-19-30(33-21-23)26-16-17-26)28(11-5-4-8-18-32)25-14-12-24(13-15-25)27-10-7-6-9-22(27)2;;/h5-7,9-11,19,21-22,24-27,31-32H,3-4,8,12-18,20H2,1-2H3;1H4;1H2/b11-5-,29-28-;;. The number of hydrogen-bond donors (Lipinski definition) is 2. The van der Waals surface area contributed by atoms with Crippen molar-refractivity contribution in [1.82, 2.24) is 5.32 Å². The average Bonchev–Trinajstić information content (AvgIpc) is 3.59. The van der Waals surface area contributed by atoms with Crippen LogP contribution in [0.5, 0.6) is 0 Å². The molecular weight excluding hydrogens is 434 g/mol. The summed E-state index contributed by atoms with van der Waals surface area (Å²) in [6, 6.07) is 2.24. The summed E-state index contributed by atoms with van der Waals surface area (Å²) in [4.78, 5) is 0. The van der Waals surface area contributed by atoms with E-state index in [1.165, 1.54) is 55.4 Å². The summed E-state index contributed by atoms with van der Waals surface area (Å²) in [5, 5.41) is 13.0. The van der Waals surface area contributed by atoms with E-state index in [4.69, 9.17) is 4.42 Å². The highest BCUT2D eigenvalue weighted by Crippen LogP contribution is 2.42. The normalized spacial score (nSPS) is 26.7. The van der Waals surface area contributed by atoms with E-state index in [1.54, 1.807) is 0 Å². The maximum absolute atomic E-state index is 9.19. The Labute approximate surface area is 213 Å². The SMILES string of the molecule is C.CC/C(NCc1coc(C2CC2)c1)=C(\C=C/CCCO)C1CCC(C2C=CC=CC2C)CC1.O. The molecule has 0 aliphatic heterocycles. The number of nitrogens with one attached hydrogen (secondary N) is 1. The lowest BCUT2D eigenvalue weighted by Gasteiger charge is -2.36. The van der Waals surface area contributed by atoms with Gasteiger partial charge in [-0.3, -0.25) is 0 Å². The molecule has 2 unspecified atom stereocenters. The molecule has 4 heteroatoms. The fourth-order valence-electron chi connectivity index (χ4n) is 5.75. The lowest BCUT2D eigenvalue weighted by Crippen LogP contribution is -2.27. The van der Waals surface area contributed by atoms with Gasteiger partial charge in [-0.2, -0.15) is 0 Å². The minimum Gasteiger partial charge on any atom is -0.469 e. The lowest BCUT2D eigenvalue weighted by molar-refractivity contribution is 0.221. The van der Waals surface area contributed by atoms with Gasteiger partial charge in [-0.1, -0.05) is 57.7 Å². The third-order valence-electron chi connectivity index (χ3n) is 7.91. The molecule has 0 saturated heterocycles. The molecule has 3 aliphatic carbocycles. The molecule has 196 valence electrons. The highest BCUT2D eigenvalue weighted by Gasteiger charge is 2.31. The van der Waals surface area contributed by atoms with E-state index in [9.17, 15) is 5.11 Å². The van der Waals surface area contributed by atoms with Gasteiger partial charge in [0.2, 0.25) is 0 Å². The van der Waals surface area contributed by atoms with Crippen LogP contribution >= 0.6 is 0 Å². The summed E-state index contributed by atoms with van der Waals surface area (Å²) < 4.78 is 5.80. The number of unbranched alkanes of at least 4 members (excludes halogenated alkanes) is 1.